The standard InChI is InChI=1S/C8H16O4/c1-4-7-8(5-2,6-3)10-12-11-9-7/h7H,4-6H2,1-3H3. The monoisotopic (exact) mass is 176 g/mol. The van der Waals surface area contributed by atoms with Gasteiger partial charge in [0, 0.05) is 0 Å². The van der Waals surface area contributed by atoms with Gasteiger partial charge in [-0.25, -0.2) is 0 Å². The van der Waals surface area contributed by atoms with E-state index in [9.17, 15) is 0 Å². The van der Waals surface area contributed by atoms with Gasteiger partial charge in [0.25, 0.3) is 0 Å². The lowest BCUT2D eigenvalue weighted by molar-refractivity contribution is -0.704. The summed E-state index contributed by atoms with van der Waals surface area (Å²) in [5.41, 5.74) is -0.340. The molecule has 1 heterocycles. The molecule has 1 rings (SSSR count). The Labute approximate surface area is 72.5 Å². The third-order valence-electron chi connectivity index (χ3n) is 2.54. The first-order valence-corrected chi connectivity index (χ1v) is 4.47. The highest BCUT2D eigenvalue weighted by Crippen LogP contribution is 2.32. The highest BCUT2D eigenvalue weighted by atomic mass is 17.7. The van der Waals surface area contributed by atoms with Gasteiger partial charge < -0.3 is 0 Å². The molecular weight excluding hydrogens is 160 g/mol. The van der Waals surface area contributed by atoms with Crippen molar-refractivity contribution in [3.8, 4) is 0 Å². The van der Waals surface area contributed by atoms with Crippen LogP contribution in [0.25, 0.3) is 0 Å². The van der Waals surface area contributed by atoms with Crippen molar-refractivity contribution in [3.63, 3.8) is 0 Å². The maximum absolute atomic E-state index is 5.12. The van der Waals surface area contributed by atoms with Gasteiger partial charge in [-0.05, 0) is 29.3 Å². The molecule has 1 atom stereocenters. The van der Waals surface area contributed by atoms with Crippen molar-refractivity contribution in [1.82, 2.24) is 0 Å². The summed E-state index contributed by atoms with van der Waals surface area (Å²) in [4.78, 5) is 10.1. The molecule has 1 fully saturated rings. The van der Waals surface area contributed by atoms with Crippen LogP contribution < -0.4 is 0 Å². The Kier molecular flexibility index (Phi) is 3.46. The van der Waals surface area contributed by atoms with E-state index in [4.69, 9.17) is 9.78 Å². The molecule has 4 heteroatoms. The van der Waals surface area contributed by atoms with Crippen LogP contribution in [0.15, 0.2) is 0 Å². The maximum Gasteiger partial charge on any atom is 0.135 e. The van der Waals surface area contributed by atoms with Crippen molar-refractivity contribution in [1.29, 1.82) is 0 Å². The van der Waals surface area contributed by atoms with Crippen LogP contribution in [-0.4, -0.2) is 11.7 Å². The Balaban J connectivity index is 2.66. The molecule has 0 radical (unpaired) electrons. The second kappa shape index (κ2) is 4.18. The molecule has 1 saturated heterocycles. The summed E-state index contributed by atoms with van der Waals surface area (Å²) < 4.78 is 0. The van der Waals surface area contributed by atoms with Gasteiger partial charge in [0.2, 0.25) is 0 Å². The van der Waals surface area contributed by atoms with E-state index in [1.165, 1.54) is 0 Å². The molecule has 0 aromatic rings. The molecule has 0 bridgehead atoms. The van der Waals surface area contributed by atoms with E-state index in [0.29, 0.717) is 0 Å². The van der Waals surface area contributed by atoms with Crippen LogP contribution in [0.5, 0.6) is 0 Å². The summed E-state index contributed by atoms with van der Waals surface area (Å²) in [5, 5.41) is 8.69. The second-order valence-electron chi connectivity index (χ2n) is 2.98. The summed E-state index contributed by atoms with van der Waals surface area (Å²) in [6, 6.07) is 0. The Morgan fingerprint density at radius 3 is 2.17 bits per heavy atom. The summed E-state index contributed by atoms with van der Waals surface area (Å²) in [7, 11) is 0. The molecule has 0 N–H and O–H groups in total. The third-order valence-corrected chi connectivity index (χ3v) is 2.54. The minimum absolute atomic E-state index is 0.0405. The van der Waals surface area contributed by atoms with Crippen LogP contribution in [0.2, 0.25) is 0 Å². The van der Waals surface area contributed by atoms with E-state index in [0.717, 1.165) is 19.3 Å². The molecule has 0 aliphatic carbocycles. The lowest BCUT2D eigenvalue weighted by Crippen LogP contribution is -2.48. The van der Waals surface area contributed by atoms with Crippen molar-refractivity contribution < 1.29 is 19.9 Å². The number of hydrogen-bond donors (Lipinski definition) is 0. The Hall–Kier alpha value is -0.160. The summed E-state index contributed by atoms with van der Waals surface area (Å²) >= 11 is 0. The highest BCUT2D eigenvalue weighted by Gasteiger charge is 2.42. The Morgan fingerprint density at radius 1 is 1.08 bits per heavy atom. The van der Waals surface area contributed by atoms with Gasteiger partial charge in [-0.1, -0.05) is 20.8 Å². The van der Waals surface area contributed by atoms with E-state index in [2.05, 4.69) is 10.1 Å². The highest BCUT2D eigenvalue weighted by molar-refractivity contribution is 4.85. The summed E-state index contributed by atoms with van der Waals surface area (Å²) in [5.74, 6) is 0. The van der Waals surface area contributed by atoms with Crippen molar-refractivity contribution >= 4 is 0 Å². The minimum atomic E-state index is -0.340. The molecule has 0 spiro atoms. The average molecular weight is 176 g/mol. The molecular formula is C8H16O4. The van der Waals surface area contributed by atoms with Gasteiger partial charge in [-0.15, -0.1) is 0 Å². The van der Waals surface area contributed by atoms with Crippen LogP contribution in [-0.2, 0) is 19.9 Å². The van der Waals surface area contributed by atoms with E-state index in [-0.39, 0.29) is 11.7 Å². The van der Waals surface area contributed by atoms with Crippen molar-refractivity contribution in [3.05, 3.63) is 0 Å². The van der Waals surface area contributed by atoms with Crippen LogP contribution in [0.1, 0.15) is 40.0 Å². The second-order valence-corrected chi connectivity index (χ2v) is 2.98. The molecule has 1 unspecified atom stereocenters. The van der Waals surface area contributed by atoms with Crippen molar-refractivity contribution in [2.45, 2.75) is 51.7 Å². The lowest BCUT2D eigenvalue weighted by Gasteiger charge is -2.37. The first kappa shape index (κ1) is 9.92. The SMILES string of the molecule is CCC1OOOOC1(CC)CC. The fraction of sp³-hybridized carbons (Fsp3) is 1.00. The van der Waals surface area contributed by atoms with Gasteiger partial charge in [0.15, 0.2) is 0 Å². The van der Waals surface area contributed by atoms with E-state index in [1.807, 2.05) is 20.8 Å². The first-order chi connectivity index (χ1) is 5.79. The zero-order valence-electron chi connectivity index (χ0n) is 7.83. The molecule has 1 aliphatic heterocycles. The molecule has 0 aromatic heterocycles. The molecule has 72 valence electrons. The molecule has 12 heavy (non-hydrogen) atoms. The van der Waals surface area contributed by atoms with Crippen molar-refractivity contribution in [2.24, 2.45) is 0 Å². The minimum Gasteiger partial charge on any atom is -0.197 e. The smallest absolute Gasteiger partial charge is 0.135 e. The quantitative estimate of drug-likeness (QED) is 0.617. The largest absolute Gasteiger partial charge is 0.197 e. The zero-order chi connectivity index (χ0) is 9.03. The number of hydrogen-bond acceptors (Lipinski definition) is 4. The third kappa shape index (κ3) is 1.61. The average Bonchev–Trinajstić information content (AvgIpc) is 2.17. The molecule has 4 nitrogen and oxygen atoms in total. The predicted octanol–water partition coefficient (Wildman–Crippen LogP) is 2.15. The van der Waals surface area contributed by atoms with Gasteiger partial charge in [0.1, 0.15) is 11.7 Å². The van der Waals surface area contributed by atoms with Gasteiger partial charge in [-0.3, -0.25) is 0 Å². The van der Waals surface area contributed by atoms with E-state index < -0.39 is 0 Å². The zero-order valence-corrected chi connectivity index (χ0v) is 7.83. The fourth-order valence-electron chi connectivity index (χ4n) is 1.55. The van der Waals surface area contributed by atoms with Gasteiger partial charge in [0.05, 0.1) is 0 Å². The van der Waals surface area contributed by atoms with Gasteiger partial charge >= 0.3 is 0 Å². The topological polar surface area (TPSA) is 36.9 Å². The maximum atomic E-state index is 5.12. The fourth-order valence-corrected chi connectivity index (χ4v) is 1.55. The van der Waals surface area contributed by atoms with Crippen LogP contribution >= 0.6 is 0 Å². The van der Waals surface area contributed by atoms with E-state index >= 15 is 0 Å². The van der Waals surface area contributed by atoms with E-state index in [1.54, 1.807) is 0 Å². The number of rotatable bonds is 3. The van der Waals surface area contributed by atoms with Crippen molar-refractivity contribution in [2.75, 3.05) is 0 Å². The normalized spacial score (nSPS) is 28.8. The molecule has 0 amide bonds. The predicted molar refractivity (Wildman–Crippen MR) is 41.7 cm³/mol. The Bertz CT molecular complexity index is 133. The van der Waals surface area contributed by atoms with Crippen LogP contribution in [0.3, 0.4) is 0 Å². The summed E-state index contributed by atoms with van der Waals surface area (Å²) in [6.45, 7) is 6.12. The van der Waals surface area contributed by atoms with Crippen LogP contribution in [0.4, 0.5) is 0 Å². The lowest BCUT2D eigenvalue weighted by atomic mass is 9.89. The van der Waals surface area contributed by atoms with Gasteiger partial charge in [-0.2, -0.15) is 9.78 Å². The summed E-state index contributed by atoms with van der Waals surface area (Å²) in [6.07, 6.45) is 2.52. The first-order valence-electron chi connectivity index (χ1n) is 4.47. The molecule has 0 aromatic carbocycles. The molecule has 1 aliphatic rings. The van der Waals surface area contributed by atoms with Crippen LogP contribution in [0, 0.1) is 0 Å². The molecule has 0 saturated carbocycles. The Morgan fingerprint density at radius 2 is 1.75 bits per heavy atom.